The largest absolute Gasteiger partial charge is 0.336 e. The fraction of sp³-hybridized carbons (Fsp3) is 0.261. The van der Waals surface area contributed by atoms with Gasteiger partial charge in [0.2, 0.25) is 5.95 Å². The zero-order chi connectivity index (χ0) is 21.7. The van der Waals surface area contributed by atoms with Crippen LogP contribution in [-0.4, -0.2) is 61.4 Å². The molecule has 2 aliphatic heterocycles. The monoisotopic (exact) mass is 429 g/mol. The van der Waals surface area contributed by atoms with E-state index in [4.69, 9.17) is 4.98 Å². The number of anilines is 1. The maximum Gasteiger partial charge on any atom is 0.256 e. The molecule has 4 aromatic rings. The Labute approximate surface area is 183 Å². The topological polar surface area (TPSA) is 80.0 Å². The number of carbonyl (C=O) groups is 1. The van der Waals surface area contributed by atoms with Crippen molar-refractivity contribution in [1.29, 1.82) is 0 Å². The maximum atomic E-state index is 14.0. The molecule has 6 rings (SSSR count). The molecule has 32 heavy (non-hydrogen) atoms. The van der Waals surface area contributed by atoms with E-state index in [1.54, 1.807) is 0 Å². The summed E-state index contributed by atoms with van der Waals surface area (Å²) in [5.41, 5.74) is 1.63. The molecule has 8 nitrogen and oxygen atoms in total. The van der Waals surface area contributed by atoms with Gasteiger partial charge in [0, 0.05) is 37.3 Å². The third-order valence-corrected chi connectivity index (χ3v) is 6.25. The molecular formula is C23H20FN7O. The van der Waals surface area contributed by atoms with Crippen molar-refractivity contribution in [1.82, 2.24) is 29.9 Å². The molecule has 2 bridgehead atoms. The van der Waals surface area contributed by atoms with E-state index in [1.807, 2.05) is 35.4 Å². The van der Waals surface area contributed by atoms with Crippen LogP contribution in [0.1, 0.15) is 16.8 Å². The molecule has 2 aromatic heterocycles. The van der Waals surface area contributed by atoms with Crippen LogP contribution in [0.2, 0.25) is 0 Å². The zero-order valence-electron chi connectivity index (χ0n) is 17.2. The van der Waals surface area contributed by atoms with Crippen LogP contribution >= 0.6 is 0 Å². The summed E-state index contributed by atoms with van der Waals surface area (Å²) < 4.78 is 14.0. The molecule has 1 amide bonds. The quantitative estimate of drug-likeness (QED) is 0.498. The molecule has 0 spiro atoms. The van der Waals surface area contributed by atoms with Crippen molar-refractivity contribution in [2.45, 2.75) is 12.5 Å². The zero-order valence-corrected chi connectivity index (χ0v) is 17.2. The summed E-state index contributed by atoms with van der Waals surface area (Å²) in [4.78, 5) is 28.1. The van der Waals surface area contributed by atoms with Gasteiger partial charge in [-0.15, -0.1) is 0 Å². The van der Waals surface area contributed by atoms with Gasteiger partial charge in [0.15, 0.2) is 0 Å². The third-order valence-electron chi connectivity index (χ3n) is 6.25. The molecule has 2 saturated heterocycles. The lowest BCUT2D eigenvalue weighted by atomic mass is 9.99. The van der Waals surface area contributed by atoms with Crippen LogP contribution in [0.3, 0.4) is 0 Å². The number of fused-ring (bicyclic) bond motifs is 3. The number of piperidine rings is 1. The van der Waals surface area contributed by atoms with Gasteiger partial charge in [-0.05, 0) is 36.6 Å². The minimum Gasteiger partial charge on any atom is -0.336 e. The number of benzene rings is 2. The van der Waals surface area contributed by atoms with Crippen molar-refractivity contribution in [2.75, 3.05) is 24.5 Å². The van der Waals surface area contributed by atoms with Gasteiger partial charge in [0.1, 0.15) is 5.82 Å². The highest BCUT2D eigenvalue weighted by Gasteiger charge is 2.41. The highest BCUT2D eigenvalue weighted by Crippen LogP contribution is 2.33. The van der Waals surface area contributed by atoms with E-state index in [0.717, 1.165) is 23.9 Å². The van der Waals surface area contributed by atoms with E-state index in [1.165, 1.54) is 35.4 Å². The van der Waals surface area contributed by atoms with Crippen LogP contribution in [0.15, 0.2) is 61.1 Å². The Kier molecular flexibility index (Phi) is 4.34. The average molecular weight is 429 g/mol. The first-order valence-corrected chi connectivity index (χ1v) is 10.6. The van der Waals surface area contributed by atoms with Gasteiger partial charge in [-0.1, -0.05) is 18.2 Å². The summed E-state index contributed by atoms with van der Waals surface area (Å²) in [6.07, 6.45) is 5.88. The van der Waals surface area contributed by atoms with Crippen molar-refractivity contribution >= 4 is 22.8 Å². The van der Waals surface area contributed by atoms with Crippen LogP contribution in [-0.2, 0) is 0 Å². The molecule has 9 heteroatoms. The van der Waals surface area contributed by atoms with Gasteiger partial charge in [-0.2, -0.15) is 15.0 Å². The number of para-hydroxylation sites is 1. The first kappa shape index (κ1) is 18.9. The normalized spacial score (nSPS) is 20.2. The SMILES string of the molecule is O=C(c1cc(F)ccc1-n1nccn1)N1CC2CC(C1)N(c1ncc3ccccc3n1)C2. The number of amides is 1. The first-order chi connectivity index (χ1) is 15.7. The van der Waals surface area contributed by atoms with Gasteiger partial charge >= 0.3 is 0 Å². The summed E-state index contributed by atoms with van der Waals surface area (Å²) in [5.74, 6) is 0.327. The molecule has 2 aromatic carbocycles. The molecule has 0 saturated carbocycles. The van der Waals surface area contributed by atoms with Crippen LogP contribution in [0.5, 0.6) is 0 Å². The van der Waals surface area contributed by atoms with Crippen molar-refractivity contribution in [3.63, 3.8) is 0 Å². The molecule has 2 fully saturated rings. The lowest BCUT2D eigenvalue weighted by molar-refractivity contribution is 0.0693. The molecule has 2 aliphatic rings. The molecule has 0 N–H and O–H groups in total. The van der Waals surface area contributed by atoms with Gasteiger partial charge in [-0.25, -0.2) is 14.4 Å². The Balaban J connectivity index is 1.28. The summed E-state index contributed by atoms with van der Waals surface area (Å²) in [7, 11) is 0. The molecule has 4 heterocycles. The van der Waals surface area contributed by atoms with E-state index >= 15 is 0 Å². The van der Waals surface area contributed by atoms with Crippen molar-refractivity contribution < 1.29 is 9.18 Å². The van der Waals surface area contributed by atoms with Crippen molar-refractivity contribution in [3.05, 3.63) is 72.4 Å². The van der Waals surface area contributed by atoms with Crippen molar-refractivity contribution in [3.8, 4) is 5.69 Å². The van der Waals surface area contributed by atoms with Gasteiger partial charge in [0.05, 0.1) is 29.2 Å². The Morgan fingerprint density at radius 3 is 2.75 bits per heavy atom. The van der Waals surface area contributed by atoms with E-state index in [2.05, 4.69) is 20.1 Å². The molecule has 0 aliphatic carbocycles. The van der Waals surface area contributed by atoms with E-state index in [-0.39, 0.29) is 17.5 Å². The number of rotatable bonds is 3. The molecule has 160 valence electrons. The Bertz CT molecular complexity index is 1310. The number of likely N-dealkylation sites (tertiary alicyclic amines) is 1. The highest BCUT2D eigenvalue weighted by molar-refractivity contribution is 5.98. The number of hydrogen-bond donors (Lipinski definition) is 0. The Morgan fingerprint density at radius 1 is 1.03 bits per heavy atom. The minimum absolute atomic E-state index is 0.124. The summed E-state index contributed by atoms with van der Waals surface area (Å²) in [6.45, 7) is 1.94. The average Bonchev–Trinajstić information content (AvgIpc) is 3.46. The summed E-state index contributed by atoms with van der Waals surface area (Å²) >= 11 is 0. The fourth-order valence-corrected chi connectivity index (χ4v) is 4.84. The molecule has 2 unspecified atom stereocenters. The fourth-order valence-electron chi connectivity index (χ4n) is 4.84. The predicted octanol–water partition coefficient (Wildman–Crippen LogP) is 2.70. The van der Waals surface area contributed by atoms with E-state index in [0.29, 0.717) is 30.6 Å². The second-order valence-corrected chi connectivity index (χ2v) is 8.33. The Morgan fingerprint density at radius 2 is 1.88 bits per heavy atom. The van der Waals surface area contributed by atoms with E-state index in [9.17, 15) is 9.18 Å². The molecule has 2 atom stereocenters. The standard InChI is InChI=1S/C23H20FN7O/c24-17-5-6-21(31-26-7-8-27-31)19(10-17)22(32)29-12-15-9-18(14-29)30(13-15)23-25-11-16-3-1-2-4-20(16)28-23/h1-8,10-11,15,18H,9,12-14H2. The van der Waals surface area contributed by atoms with Crippen LogP contribution in [0.25, 0.3) is 16.6 Å². The van der Waals surface area contributed by atoms with Crippen LogP contribution in [0, 0.1) is 11.7 Å². The lowest BCUT2D eigenvalue weighted by Gasteiger charge is -2.33. The number of halogens is 1. The van der Waals surface area contributed by atoms with Gasteiger partial charge < -0.3 is 9.80 Å². The van der Waals surface area contributed by atoms with Gasteiger partial charge in [0.25, 0.3) is 5.91 Å². The predicted molar refractivity (Wildman–Crippen MR) is 116 cm³/mol. The van der Waals surface area contributed by atoms with Gasteiger partial charge in [-0.3, -0.25) is 4.79 Å². The summed E-state index contributed by atoms with van der Waals surface area (Å²) in [6, 6.07) is 12.1. The second-order valence-electron chi connectivity index (χ2n) is 8.33. The molecule has 0 radical (unpaired) electrons. The number of nitrogens with zero attached hydrogens (tertiary/aromatic N) is 7. The Hall–Kier alpha value is -3.88. The lowest BCUT2D eigenvalue weighted by Crippen LogP contribution is -2.45. The first-order valence-electron chi connectivity index (χ1n) is 10.6. The second kappa shape index (κ2) is 7.37. The van der Waals surface area contributed by atoms with E-state index < -0.39 is 5.82 Å². The summed E-state index contributed by atoms with van der Waals surface area (Å²) in [5, 5.41) is 9.22. The smallest absolute Gasteiger partial charge is 0.256 e. The maximum absolute atomic E-state index is 14.0. The number of aromatic nitrogens is 5. The van der Waals surface area contributed by atoms with Crippen LogP contribution < -0.4 is 4.90 Å². The number of hydrogen-bond acceptors (Lipinski definition) is 6. The molecular weight excluding hydrogens is 409 g/mol. The van der Waals surface area contributed by atoms with Crippen molar-refractivity contribution in [2.24, 2.45) is 5.92 Å². The minimum atomic E-state index is -0.463. The van der Waals surface area contributed by atoms with Crippen LogP contribution in [0.4, 0.5) is 10.3 Å². The number of carbonyl (C=O) groups excluding carboxylic acids is 1. The third kappa shape index (κ3) is 3.17. The highest BCUT2D eigenvalue weighted by atomic mass is 19.1.